The third kappa shape index (κ3) is 4.03. The summed E-state index contributed by atoms with van der Waals surface area (Å²) in [5.41, 5.74) is 9.11. The van der Waals surface area contributed by atoms with Gasteiger partial charge >= 0.3 is 0 Å². The zero-order valence-corrected chi connectivity index (χ0v) is 17.5. The number of aryl methyl sites for hydroxylation is 1. The number of nitrogens with two attached hydrogens (primary N) is 1. The fourth-order valence-electron chi connectivity index (χ4n) is 3.17. The van der Waals surface area contributed by atoms with Crippen molar-refractivity contribution in [2.45, 2.75) is 53.6 Å². The van der Waals surface area contributed by atoms with Crippen molar-refractivity contribution in [1.82, 2.24) is 9.55 Å². The Kier molecular flexibility index (Phi) is 6.37. The van der Waals surface area contributed by atoms with Crippen LogP contribution in [0.2, 0.25) is 5.02 Å². The highest BCUT2D eigenvalue weighted by molar-refractivity contribution is 6.31. The van der Waals surface area contributed by atoms with Gasteiger partial charge in [-0.15, -0.1) is 0 Å². The van der Waals surface area contributed by atoms with E-state index in [9.17, 15) is 4.39 Å². The Morgan fingerprint density at radius 1 is 1.37 bits per heavy atom. The molecule has 2 rings (SSSR count). The highest BCUT2D eigenvalue weighted by Gasteiger charge is 2.26. The maximum atomic E-state index is 14.4. The molecule has 27 heavy (non-hydrogen) atoms. The van der Waals surface area contributed by atoms with E-state index in [1.165, 1.54) is 0 Å². The summed E-state index contributed by atoms with van der Waals surface area (Å²) >= 11 is 6.14. The van der Waals surface area contributed by atoms with Crippen molar-refractivity contribution in [3.05, 3.63) is 57.9 Å². The van der Waals surface area contributed by atoms with Crippen LogP contribution in [0, 0.1) is 19.7 Å². The highest BCUT2D eigenvalue weighted by atomic mass is 35.5. The number of ether oxygens (including phenoxy) is 1. The number of hydrogen-bond acceptors (Lipinski definition) is 3. The van der Waals surface area contributed by atoms with Gasteiger partial charge in [0.05, 0.1) is 28.2 Å². The van der Waals surface area contributed by atoms with Gasteiger partial charge in [0.2, 0.25) is 0 Å². The Hall–Kier alpha value is -2.27. The molecule has 0 spiro atoms. The van der Waals surface area contributed by atoms with Crippen LogP contribution in [0.15, 0.2) is 18.7 Å². The van der Waals surface area contributed by atoms with Crippen molar-refractivity contribution in [3.63, 3.8) is 0 Å². The zero-order valence-electron chi connectivity index (χ0n) is 16.7. The first-order chi connectivity index (χ1) is 12.6. The molecule has 0 saturated heterocycles. The molecule has 6 heteroatoms. The maximum Gasteiger partial charge on any atom is 0.148 e. The molecule has 146 valence electrons. The van der Waals surface area contributed by atoms with Gasteiger partial charge in [0.15, 0.2) is 0 Å². The lowest BCUT2D eigenvalue weighted by molar-refractivity contribution is 0.236. The van der Waals surface area contributed by atoms with E-state index in [0.717, 1.165) is 22.8 Å². The summed E-state index contributed by atoms with van der Waals surface area (Å²) in [7, 11) is 0. The van der Waals surface area contributed by atoms with Gasteiger partial charge in [0.1, 0.15) is 17.4 Å². The summed E-state index contributed by atoms with van der Waals surface area (Å²) in [5, 5.41) is 0.0646. The van der Waals surface area contributed by atoms with Crippen LogP contribution in [0.25, 0.3) is 11.9 Å². The monoisotopic (exact) mass is 391 g/mol. The number of benzene rings is 1. The Balaban J connectivity index is 2.73. The molecule has 1 aromatic heterocycles. The molecule has 4 nitrogen and oxygen atoms in total. The SMILES string of the molecule is C=C(N)c1c(C)nc(C(C)c2cc(Cl)c(F)c(C)c2OC(C)C)n1/C=C\C. The lowest BCUT2D eigenvalue weighted by Gasteiger charge is -2.22. The van der Waals surface area contributed by atoms with E-state index < -0.39 is 5.82 Å². The van der Waals surface area contributed by atoms with Crippen molar-refractivity contribution in [1.29, 1.82) is 0 Å². The molecule has 1 unspecified atom stereocenters. The minimum absolute atomic E-state index is 0.0646. The van der Waals surface area contributed by atoms with E-state index in [-0.39, 0.29) is 17.0 Å². The van der Waals surface area contributed by atoms with Crippen LogP contribution in [-0.4, -0.2) is 15.7 Å². The number of imidazole rings is 1. The minimum Gasteiger partial charge on any atom is -0.490 e. The predicted molar refractivity (Wildman–Crippen MR) is 111 cm³/mol. The number of hydrogen-bond donors (Lipinski definition) is 1. The van der Waals surface area contributed by atoms with Gasteiger partial charge in [0.25, 0.3) is 0 Å². The molecule has 1 atom stereocenters. The molecular weight excluding hydrogens is 365 g/mol. The number of allylic oxidation sites excluding steroid dienone is 1. The van der Waals surface area contributed by atoms with Crippen LogP contribution in [0.4, 0.5) is 4.39 Å². The van der Waals surface area contributed by atoms with E-state index in [2.05, 4.69) is 6.58 Å². The second kappa shape index (κ2) is 8.17. The van der Waals surface area contributed by atoms with Gasteiger partial charge in [0, 0.05) is 23.2 Å². The topological polar surface area (TPSA) is 53.1 Å². The largest absolute Gasteiger partial charge is 0.490 e. The minimum atomic E-state index is -0.465. The molecule has 0 amide bonds. The Labute approximate surface area is 165 Å². The second-order valence-electron chi connectivity index (χ2n) is 6.89. The summed E-state index contributed by atoms with van der Waals surface area (Å²) in [6.45, 7) is 15.1. The van der Waals surface area contributed by atoms with Gasteiger partial charge in [-0.2, -0.15) is 0 Å². The lowest BCUT2D eigenvalue weighted by Crippen LogP contribution is -2.13. The quantitative estimate of drug-likeness (QED) is 0.692. The Bertz CT molecular complexity index is 900. The van der Waals surface area contributed by atoms with E-state index >= 15 is 0 Å². The number of halogens is 2. The molecule has 2 aromatic rings. The molecule has 0 bridgehead atoms. The average molecular weight is 392 g/mol. The lowest BCUT2D eigenvalue weighted by atomic mass is 9.96. The van der Waals surface area contributed by atoms with Gasteiger partial charge < -0.3 is 15.0 Å². The van der Waals surface area contributed by atoms with Crippen molar-refractivity contribution in [3.8, 4) is 5.75 Å². The fourth-order valence-corrected chi connectivity index (χ4v) is 3.43. The van der Waals surface area contributed by atoms with Crippen LogP contribution in [0.1, 0.15) is 62.0 Å². The molecule has 1 aromatic carbocycles. The van der Waals surface area contributed by atoms with Gasteiger partial charge in [-0.1, -0.05) is 31.2 Å². The fraction of sp³-hybridized carbons (Fsp3) is 0.381. The van der Waals surface area contributed by atoms with Crippen molar-refractivity contribution in [2.24, 2.45) is 5.73 Å². The van der Waals surface area contributed by atoms with E-state index in [1.54, 1.807) is 13.0 Å². The molecule has 2 N–H and O–H groups in total. The summed E-state index contributed by atoms with van der Waals surface area (Å²) < 4.78 is 22.2. The standard InChI is InChI=1S/C21H27ClFN3O/c1-8-9-26-19(14(6)24)15(7)25-21(26)12(4)16-10-17(22)18(23)13(5)20(16)27-11(2)3/h8-12H,6,24H2,1-5,7H3/b9-8-. The third-order valence-corrected chi connectivity index (χ3v) is 4.62. The van der Waals surface area contributed by atoms with Gasteiger partial charge in [-0.05, 0) is 40.7 Å². The number of aromatic nitrogens is 2. The summed E-state index contributed by atoms with van der Waals surface area (Å²) in [5.74, 6) is 0.578. The van der Waals surface area contributed by atoms with E-state index in [4.69, 9.17) is 27.1 Å². The summed E-state index contributed by atoms with van der Waals surface area (Å²) in [6.07, 6.45) is 3.69. The van der Waals surface area contributed by atoms with Crippen molar-refractivity contribution >= 4 is 23.5 Å². The highest BCUT2D eigenvalue weighted by Crippen LogP contribution is 2.39. The molecule has 0 aliphatic rings. The van der Waals surface area contributed by atoms with Gasteiger partial charge in [-0.25, -0.2) is 9.37 Å². The Morgan fingerprint density at radius 2 is 2.00 bits per heavy atom. The number of nitrogens with zero attached hydrogens (tertiary/aromatic N) is 2. The van der Waals surface area contributed by atoms with Crippen molar-refractivity contribution < 1.29 is 9.13 Å². The first-order valence-corrected chi connectivity index (χ1v) is 9.29. The zero-order chi connectivity index (χ0) is 20.5. The summed E-state index contributed by atoms with van der Waals surface area (Å²) in [4.78, 5) is 4.71. The van der Waals surface area contributed by atoms with Crippen LogP contribution < -0.4 is 10.5 Å². The van der Waals surface area contributed by atoms with Crippen molar-refractivity contribution in [2.75, 3.05) is 0 Å². The van der Waals surface area contributed by atoms with E-state index in [1.807, 2.05) is 51.5 Å². The third-order valence-electron chi connectivity index (χ3n) is 4.35. The molecule has 1 heterocycles. The molecule has 0 saturated carbocycles. The van der Waals surface area contributed by atoms with Crippen LogP contribution in [0.3, 0.4) is 0 Å². The van der Waals surface area contributed by atoms with Crippen LogP contribution in [0.5, 0.6) is 5.75 Å². The maximum absolute atomic E-state index is 14.4. The van der Waals surface area contributed by atoms with Gasteiger partial charge in [-0.3, -0.25) is 0 Å². The molecule has 0 fully saturated rings. The van der Waals surface area contributed by atoms with Crippen LogP contribution in [-0.2, 0) is 0 Å². The molecule has 0 radical (unpaired) electrons. The average Bonchev–Trinajstić information content (AvgIpc) is 2.91. The second-order valence-corrected chi connectivity index (χ2v) is 7.29. The number of rotatable bonds is 6. The predicted octanol–water partition coefficient (Wildman–Crippen LogP) is 5.65. The normalized spacial score (nSPS) is 12.8. The van der Waals surface area contributed by atoms with Crippen LogP contribution >= 0.6 is 11.6 Å². The first kappa shape index (κ1) is 21.0. The first-order valence-electron chi connectivity index (χ1n) is 8.91. The smallest absolute Gasteiger partial charge is 0.148 e. The Morgan fingerprint density at radius 3 is 2.52 bits per heavy atom. The van der Waals surface area contributed by atoms with E-state index in [0.29, 0.717) is 17.0 Å². The summed E-state index contributed by atoms with van der Waals surface area (Å²) in [6, 6.07) is 1.62. The molecule has 0 aliphatic carbocycles. The molecule has 0 aliphatic heterocycles. The molecular formula is C21H27ClFN3O.